The Hall–Kier alpha value is -0.830. The molecule has 13 heavy (non-hydrogen) atoms. The monoisotopic (exact) mass is 186 g/mol. The van der Waals surface area contributed by atoms with Crippen molar-refractivity contribution < 1.29 is 14.6 Å². The summed E-state index contributed by atoms with van der Waals surface area (Å²) in [5, 5.41) is 8.42. The molecule has 0 aliphatic rings. The topological polar surface area (TPSA) is 46.5 Å². The summed E-state index contributed by atoms with van der Waals surface area (Å²) in [7, 11) is 0. The molecule has 0 saturated heterocycles. The van der Waals surface area contributed by atoms with E-state index in [-0.39, 0.29) is 18.6 Å². The standard InChI is InChI=1S/C10H18O3/c1-8(7-10(2,3)4)9(12)13-6-5-11/h11H,1,5-7H2,2-4H3. The third-order valence-corrected chi connectivity index (χ3v) is 1.36. The molecular formula is C10H18O3. The molecule has 3 nitrogen and oxygen atoms in total. The first kappa shape index (κ1) is 12.2. The van der Waals surface area contributed by atoms with Gasteiger partial charge in [0.25, 0.3) is 0 Å². The molecule has 0 radical (unpaired) electrons. The van der Waals surface area contributed by atoms with Gasteiger partial charge in [-0.3, -0.25) is 0 Å². The molecule has 76 valence electrons. The highest BCUT2D eigenvalue weighted by atomic mass is 16.5. The van der Waals surface area contributed by atoms with E-state index in [0.717, 1.165) is 0 Å². The van der Waals surface area contributed by atoms with Crippen LogP contribution in [0.2, 0.25) is 0 Å². The summed E-state index contributed by atoms with van der Waals surface area (Å²) in [6.07, 6.45) is 0.608. The van der Waals surface area contributed by atoms with Crippen LogP contribution in [0.3, 0.4) is 0 Å². The molecular weight excluding hydrogens is 168 g/mol. The fourth-order valence-corrected chi connectivity index (χ4v) is 0.953. The summed E-state index contributed by atoms with van der Waals surface area (Å²) in [6.45, 7) is 9.61. The third kappa shape index (κ3) is 6.34. The van der Waals surface area contributed by atoms with Crippen LogP contribution in [0.15, 0.2) is 12.2 Å². The Morgan fingerprint density at radius 3 is 2.38 bits per heavy atom. The summed E-state index contributed by atoms with van der Waals surface area (Å²) in [6, 6.07) is 0. The van der Waals surface area contributed by atoms with Crippen molar-refractivity contribution >= 4 is 5.97 Å². The van der Waals surface area contributed by atoms with Crippen LogP contribution in [0.4, 0.5) is 0 Å². The van der Waals surface area contributed by atoms with Crippen LogP contribution in [-0.2, 0) is 9.53 Å². The van der Waals surface area contributed by atoms with E-state index in [1.807, 2.05) is 20.8 Å². The molecule has 0 fully saturated rings. The van der Waals surface area contributed by atoms with Crippen molar-refractivity contribution in [3.8, 4) is 0 Å². The van der Waals surface area contributed by atoms with Gasteiger partial charge in [-0.2, -0.15) is 0 Å². The largest absolute Gasteiger partial charge is 0.460 e. The highest BCUT2D eigenvalue weighted by molar-refractivity contribution is 5.87. The Bertz CT molecular complexity index is 189. The lowest BCUT2D eigenvalue weighted by Gasteiger charge is -2.18. The fraction of sp³-hybridized carbons (Fsp3) is 0.700. The van der Waals surface area contributed by atoms with E-state index in [1.165, 1.54) is 0 Å². The molecule has 0 aromatic heterocycles. The number of esters is 1. The van der Waals surface area contributed by atoms with Gasteiger partial charge in [-0.05, 0) is 11.8 Å². The van der Waals surface area contributed by atoms with Crippen LogP contribution in [0, 0.1) is 5.41 Å². The highest BCUT2D eigenvalue weighted by Crippen LogP contribution is 2.23. The van der Waals surface area contributed by atoms with Gasteiger partial charge in [0, 0.05) is 5.57 Å². The molecule has 0 saturated carbocycles. The first-order chi connectivity index (χ1) is 5.87. The Morgan fingerprint density at radius 1 is 1.46 bits per heavy atom. The summed E-state index contributed by atoms with van der Waals surface area (Å²) in [5.41, 5.74) is 0.496. The van der Waals surface area contributed by atoms with E-state index in [2.05, 4.69) is 6.58 Å². The van der Waals surface area contributed by atoms with Gasteiger partial charge < -0.3 is 9.84 Å². The minimum atomic E-state index is -0.413. The van der Waals surface area contributed by atoms with Gasteiger partial charge in [-0.1, -0.05) is 27.4 Å². The zero-order valence-corrected chi connectivity index (χ0v) is 8.59. The smallest absolute Gasteiger partial charge is 0.333 e. The second-order valence-electron chi connectivity index (χ2n) is 4.20. The molecule has 0 aromatic carbocycles. The second kappa shape index (κ2) is 5.02. The zero-order valence-electron chi connectivity index (χ0n) is 8.59. The summed E-state index contributed by atoms with van der Waals surface area (Å²) in [5.74, 6) is -0.413. The third-order valence-electron chi connectivity index (χ3n) is 1.36. The first-order valence-electron chi connectivity index (χ1n) is 4.32. The van der Waals surface area contributed by atoms with Crippen molar-refractivity contribution in [1.29, 1.82) is 0 Å². The van der Waals surface area contributed by atoms with Crippen molar-refractivity contribution in [3.05, 3.63) is 12.2 Å². The quantitative estimate of drug-likeness (QED) is 0.535. The van der Waals surface area contributed by atoms with Gasteiger partial charge in [0.05, 0.1) is 6.61 Å². The van der Waals surface area contributed by atoms with Gasteiger partial charge >= 0.3 is 5.97 Å². The van der Waals surface area contributed by atoms with Gasteiger partial charge in [-0.15, -0.1) is 0 Å². The predicted octanol–water partition coefficient (Wildman–Crippen LogP) is 1.51. The number of rotatable bonds is 4. The summed E-state index contributed by atoms with van der Waals surface area (Å²) in [4.78, 5) is 11.1. The van der Waals surface area contributed by atoms with Gasteiger partial charge in [0.2, 0.25) is 0 Å². The predicted molar refractivity (Wildman–Crippen MR) is 51.3 cm³/mol. The molecule has 0 heterocycles. The minimum absolute atomic E-state index is 0.0370. The first-order valence-corrected chi connectivity index (χ1v) is 4.32. The number of carbonyl (C=O) groups excluding carboxylic acids is 1. The molecule has 0 atom stereocenters. The minimum Gasteiger partial charge on any atom is -0.460 e. The van der Waals surface area contributed by atoms with E-state index in [1.54, 1.807) is 0 Å². The van der Waals surface area contributed by atoms with Crippen LogP contribution in [0.25, 0.3) is 0 Å². The molecule has 0 bridgehead atoms. The Kier molecular flexibility index (Phi) is 4.70. The maximum absolute atomic E-state index is 11.1. The Labute approximate surface area is 79.4 Å². The van der Waals surface area contributed by atoms with Crippen LogP contribution in [0.5, 0.6) is 0 Å². The lowest BCUT2D eigenvalue weighted by molar-refractivity contribution is -0.140. The number of hydrogen-bond donors (Lipinski definition) is 1. The second-order valence-corrected chi connectivity index (χ2v) is 4.20. The summed E-state index contributed by atoms with van der Waals surface area (Å²) >= 11 is 0. The Balaban J connectivity index is 3.91. The van der Waals surface area contributed by atoms with E-state index in [0.29, 0.717) is 12.0 Å². The molecule has 0 spiro atoms. The van der Waals surface area contributed by atoms with Crippen LogP contribution in [-0.4, -0.2) is 24.3 Å². The lowest BCUT2D eigenvalue weighted by atomic mass is 9.88. The van der Waals surface area contributed by atoms with Crippen molar-refractivity contribution in [1.82, 2.24) is 0 Å². The highest BCUT2D eigenvalue weighted by Gasteiger charge is 2.17. The molecule has 0 rings (SSSR count). The van der Waals surface area contributed by atoms with E-state index < -0.39 is 5.97 Å². The lowest BCUT2D eigenvalue weighted by Crippen LogP contribution is -2.15. The average Bonchev–Trinajstić information content (AvgIpc) is 1.96. The number of hydrogen-bond acceptors (Lipinski definition) is 3. The molecule has 0 aliphatic carbocycles. The van der Waals surface area contributed by atoms with Crippen molar-refractivity contribution in [2.75, 3.05) is 13.2 Å². The SMILES string of the molecule is C=C(CC(C)(C)C)C(=O)OCCO. The number of aliphatic hydroxyl groups excluding tert-OH is 1. The fourth-order valence-electron chi connectivity index (χ4n) is 0.953. The Morgan fingerprint density at radius 2 is 2.00 bits per heavy atom. The van der Waals surface area contributed by atoms with Gasteiger partial charge in [0.15, 0.2) is 0 Å². The van der Waals surface area contributed by atoms with Gasteiger partial charge in [0.1, 0.15) is 6.61 Å². The maximum Gasteiger partial charge on any atom is 0.333 e. The van der Waals surface area contributed by atoms with Crippen molar-refractivity contribution in [2.24, 2.45) is 5.41 Å². The maximum atomic E-state index is 11.1. The molecule has 0 unspecified atom stereocenters. The van der Waals surface area contributed by atoms with Crippen molar-refractivity contribution in [2.45, 2.75) is 27.2 Å². The number of ether oxygens (including phenoxy) is 1. The number of aliphatic hydroxyl groups is 1. The van der Waals surface area contributed by atoms with E-state index in [4.69, 9.17) is 9.84 Å². The van der Waals surface area contributed by atoms with Gasteiger partial charge in [-0.25, -0.2) is 4.79 Å². The number of carbonyl (C=O) groups is 1. The van der Waals surface area contributed by atoms with Crippen LogP contribution in [0.1, 0.15) is 27.2 Å². The normalized spacial score (nSPS) is 11.1. The molecule has 0 amide bonds. The van der Waals surface area contributed by atoms with Crippen LogP contribution < -0.4 is 0 Å². The molecule has 0 aromatic rings. The van der Waals surface area contributed by atoms with Crippen molar-refractivity contribution in [3.63, 3.8) is 0 Å². The molecule has 1 N–H and O–H groups in total. The zero-order chi connectivity index (χ0) is 10.5. The molecule has 0 aliphatic heterocycles. The van der Waals surface area contributed by atoms with Crippen LogP contribution >= 0.6 is 0 Å². The molecule has 3 heteroatoms. The summed E-state index contributed by atoms with van der Waals surface area (Å²) < 4.78 is 4.71. The average molecular weight is 186 g/mol. The van der Waals surface area contributed by atoms with E-state index in [9.17, 15) is 4.79 Å². The van der Waals surface area contributed by atoms with E-state index >= 15 is 0 Å².